The van der Waals surface area contributed by atoms with Crippen molar-refractivity contribution in [2.75, 3.05) is 6.61 Å². The highest BCUT2D eigenvalue weighted by Gasteiger charge is 1.98. The van der Waals surface area contributed by atoms with Crippen LogP contribution in [0.3, 0.4) is 0 Å². The summed E-state index contributed by atoms with van der Waals surface area (Å²) in [5.74, 6) is 0.876. The fourth-order valence-electron chi connectivity index (χ4n) is 1.54. The van der Waals surface area contributed by atoms with E-state index in [1.54, 1.807) is 6.08 Å². The van der Waals surface area contributed by atoms with Crippen LogP contribution in [-0.4, -0.2) is 6.61 Å². The molecule has 1 nitrogen and oxygen atoms in total. The van der Waals surface area contributed by atoms with Gasteiger partial charge in [-0.3, -0.25) is 0 Å². The summed E-state index contributed by atoms with van der Waals surface area (Å²) >= 11 is 0. The first-order valence-corrected chi connectivity index (χ1v) is 5.82. The maximum Gasteiger partial charge on any atom is 0.119 e. The van der Waals surface area contributed by atoms with Gasteiger partial charge in [-0.15, -0.1) is 0 Å². The van der Waals surface area contributed by atoms with E-state index in [0.717, 1.165) is 5.75 Å². The van der Waals surface area contributed by atoms with Gasteiger partial charge < -0.3 is 4.74 Å². The van der Waals surface area contributed by atoms with Gasteiger partial charge >= 0.3 is 0 Å². The molecule has 0 aliphatic rings. The molecule has 0 atom stereocenters. The molecule has 0 bridgehead atoms. The van der Waals surface area contributed by atoms with Crippen molar-refractivity contribution in [3.63, 3.8) is 0 Å². The van der Waals surface area contributed by atoms with Gasteiger partial charge in [0.15, 0.2) is 0 Å². The minimum atomic E-state index is 0.545. The predicted octanol–water partition coefficient (Wildman–Crippen LogP) is 4.62. The molecule has 1 aromatic carbocycles. The Morgan fingerprint density at radius 2 is 1.88 bits per heavy atom. The number of hydrogen-bond donors (Lipinski definition) is 0. The minimum Gasteiger partial charge on any atom is -0.490 e. The van der Waals surface area contributed by atoms with E-state index in [2.05, 4.69) is 51.6 Å². The highest BCUT2D eigenvalue weighted by atomic mass is 16.5. The SMILES string of the molecule is C=CCOc1ccc(/C(C=C(C)C)=C/C)cc1. The highest BCUT2D eigenvalue weighted by molar-refractivity contribution is 5.74. The van der Waals surface area contributed by atoms with E-state index in [-0.39, 0.29) is 0 Å². The second kappa shape index (κ2) is 6.74. The minimum absolute atomic E-state index is 0.545. The third kappa shape index (κ3) is 4.31. The van der Waals surface area contributed by atoms with Gasteiger partial charge in [-0.2, -0.15) is 0 Å². The van der Waals surface area contributed by atoms with Crippen LogP contribution >= 0.6 is 0 Å². The van der Waals surface area contributed by atoms with Gasteiger partial charge in [0, 0.05) is 0 Å². The highest BCUT2D eigenvalue weighted by Crippen LogP contribution is 2.20. The standard InChI is InChI=1S/C16H20O/c1-5-11-17-16-9-7-15(8-10-16)14(6-2)12-13(3)4/h5-10,12H,1,11H2,2-4H3/b14-6+. The molecule has 0 radical (unpaired) electrons. The summed E-state index contributed by atoms with van der Waals surface area (Å²) in [5.41, 5.74) is 3.74. The second-order valence-corrected chi connectivity index (χ2v) is 4.09. The smallest absolute Gasteiger partial charge is 0.119 e. The van der Waals surface area contributed by atoms with Gasteiger partial charge in [0.1, 0.15) is 12.4 Å². The van der Waals surface area contributed by atoms with Crippen LogP contribution < -0.4 is 4.74 Å². The van der Waals surface area contributed by atoms with Crippen LogP contribution in [0.4, 0.5) is 0 Å². The molecule has 0 aliphatic heterocycles. The van der Waals surface area contributed by atoms with Crippen molar-refractivity contribution in [3.05, 3.63) is 60.2 Å². The van der Waals surface area contributed by atoms with E-state index in [4.69, 9.17) is 4.74 Å². The molecule has 17 heavy (non-hydrogen) atoms. The molecule has 0 saturated carbocycles. The molecule has 0 spiro atoms. The largest absolute Gasteiger partial charge is 0.490 e. The van der Waals surface area contributed by atoms with Crippen LogP contribution in [0.2, 0.25) is 0 Å². The van der Waals surface area contributed by atoms with Gasteiger partial charge in [-0.1, -0.05) is 42.5 Å². The van der Waals surface area contributed by atoms with Crippen molar-refractivity contribution < 1.29 is 4.74 Å². The zero-order valence-corrected chi connectivity index (χ0v) is 10.9. The molecule has 0 saturated heterocycles. The number of rotatable bonds is 5. The van der Waals surface area contributed by atoms with Crippen LogP contribution in [0.25, 0.3) is 5.57 Å². The summed E-state index contributed by atoms with van der Waals surface area (Å²) in [6, 6.07) is 8.13. The molecule has 90 valence electrons. The van der Waals surface area contributed by atoms with E-state index in [1.165, 1.54) is 16.7 Å². The van der Waals surface area contributed by atoms with Crippen LogP contribution in [0.1, 0.15) is 26.3 Å². The number of benzene rings is 1. The quantitative estimate of drug-likeness (QED) is 0.527. The lowest BCUT2D eigenvalue weighted by Crippen LogP contribution is -1.92. The summed E-state index contributed by atoms with van der Waals surface area (Å²) in [6.07, 6.45) is 6.04. The third-order valence-electron chi connectivity index (χ3n) is 2.31. The Hall–Kier alpha value is -1.76. The van der Waals surface area contributed by atoms with Gasteiger partial charge in [-0.05, 0) is 44.0 Å². The Bertz CT molecular complexity index is 417. The van der Waals surface area contributed by atoms with E-state index < -0.39 is 0 Å². The zero-order chi connectivity index (χ0) is 12.7. The average Bonchev–Trinajstić information content (AvgIpc) is 2.34. The summed E-state index contributed by atoms with van der Waals surface area (Å²) in [5, 5.41) is 0. The molecule has 0 aliphatic carbocycles. The second-order valence-electron chi connectivity index (χ2n) is 4.09. The first-order valence-electron chi connectivity index (χ1n) is 5.82. The van der Waals surface area contributed by atoms with Gasteiger partial charge in [-0.25, -0.2) is 0 Å². The molecular weight excluding hydrogens is 208 g/mol. The Morgan fingerprint density at radius 3 is 2.35 bits per heavy atom. The molecule has 1 aromatic rings. The molecule has 0 unspecified atom stereocenters. The van der Waals surface area contributed by atoms with Gasteiger partial charge in [0.25, 0.3) is 0 Å². The molecular formula is C16H20O. The molecule has 1 rings (SSSR count). The third-order valence-corrected chi connectivity index (χ3v) is 2.31. The molecule has 0 aromatic heterocycles. The van der Waals surface area contributed by atoms with E-state index in [0.29, 0.717) is 6.61 Å². The number of hydrogen-bond acceptors (Lipinski definition) is 1. The van der Waals surface area contributed by atoms with Crippen molar-refractivity contribution in [3.8, 4) is 5.75 Å². The molecule has 0 heterocycles. The average molecular weight is 228 g/mol. The molecule has 0 fully saturated rings. The Balaban J connectivity index is 2.86. The number of ether oxygens (including phenoxy) is 1. The molecule has 0 amide bonds. The first kappa shape index (κ1) is 13.3. The lowest BCUT2D eigenvalue weighted by atomic mass is 10.0. The lowest BCUT2D eigenvalue weighted by molar-refractivity contribution is 0.363. The zero-order valence-electron chi connectivity index (χ0n) is 10.9. The van der Waals surface area contributed by atoms with E-state index in [1.807, 2.05) is 12.1 Å². The van der Waals surface area contributed by atoms with Crippen molar-refractivity contribution in [1.82, 2.24) is 0 Å². The fraction of sp³-hybridized carbons (Fsp3) is 0.250. The van der Waals surface area contributed by atoms with Gasteiger partial charge in [0.05, 0.1) is 0 Å². The fourth-order valence-corrected chi connectivity index (χ4v) is 1.54. The van der Waals surface area contributed by atoms with Crippen molar-refractivity contribution >= 4 is 5.57 Å². The van der Waals surface area contributed by atoms with Crippen LogP contribution in [0.15, 0.2) is 54.6 Å². The number of allylic oxidation sites excluding steroid dienone is 4. The van der Waals surface area contributed by atoms with Crippen molar-refractivity contribution in [2.45, 2.75) is 20.8 Å². The van der Waals surface area contributed by atoms with Crippen molar-refractivity contribution in [1.29, 1.82) is 0 Å². The summed E-state index contributed by atoms with van der Waals surface area (Å²) in [6.45, 7) is 10.4. The van der Waals surface area contributed by atoms with E-state index >= 15 is 0 Å². The Kier molecular flexibility index (Phi) is 5.28. The summed E-state index contributed by atoms with van der Waals surface area (Å²) < 4.78 is 5.45. The summed E-state index contributed by atoms with van der Waals surface area (Å²) in [4.78, 5) is 0. The summed E-state index contributed by atoms with van der Waals surface area (Å²) in [7, 11) is 0. The monoisotopic (exact) mass is 228 g/mol. The van der Waals surface area contributed by atoms with Crippen LogP contribution in [0, 0.1) is 0 Å². The molecule has 0 N–H and O–H groups in total. The normalized spacial score (nSPS) is 10.9. The maximum atomic E-state index is 5.45. The Labute approximate surface area is 104 Å². The Morgan fingerprint density at radius 1 is 1.24 bits per heavy atom. The topological polar surface area (TPSA) is 9.23 Å². The van der Waals surface area contributed by atoms with Crippen molar-refractivity contribution in [2.24, 2.45) is 0 Å². The first-order chi connectivity index (χ1) is 8.17. The lowest BCUT2D eigenvalue weighted by Gasteiger charge is -2.06. The van der Waals surface area contributed by atoms with Crippen LogP contribution in [-0.2, 0) is 0 Å². The van der Waals surface area contributed by atoms with Gasteiger partial charge in [0.2, 0.25) is 0 Å². The predicted molar refractivity (Wildman–Crippen MR) is 75.2 cm³/mol. The maximum absolute atomic E-state index is 5.45. The molecule has 1 heteroatoms. The van der Waals surface area contributed by atoms with Crippen LogP contribution in [0.5, 0.6) is 5.75 Å². The van der Waals surface area contributed by atoms with E-state index in [9.17, 15) is 0 Å².